The third-order valence-corrected chi connectivity index (χ3v) is 4.17. The van der Waals surface area contributed by atoms with Crippen molar-refractivity contribution in [3.63, 3.8) is 0 Å². The van der Waals surface area contributed by atoms with Crippen LogP contribution in [0.3, 0.4) is 0 Å². The molecule has 1 fully saturated rings. The van der Waals surface area contributed by atoms with E-state index in [1.807, 2.05) is 6.07 Å². The lowest BCUT2D eigenvalue weighted by Gasteiger charge is -2.19. The summed E-state index contributed by atoms with van der Waals surface area (Å²) in [5, 5.41) is 3.32. The van der Waals surface area contributed by atoms with Gasteiger partial charge in [0.15, 0.2) is 0 Å². The minimum atomic E-state index is 0.000931. The first-order chi connectivity index (χ1) is 9.50. The maximum absolute atomic E-state index is 5.94. The molecule has 1 atom stereocenters. The molecule has 1 unspecified atom stereocenters. The molecule has 1 aromatic rings. The molecule has 1 aliphatic heterocycles. The highest BCUT2D eigenvalue weighted by Gasteiger charge is 2.31. The number of hydrogen-bond acceptors (Lipinski definition) is 3. The van der Waals surface area contributed by atoms with Gasteiger partial charge in [0.2, 0.25) is 0 Å². The van der Waals surface area contributed by atoms with Crippen LogP contribution in [-0.2, 0) is 11.3 Å². The van der Waals surface area contributed by atoms with Crippen LogP contribution in [0.4, 0.5) is 0 Å². The molecule has 1 heterocycles. The lowest BCUT2D eigenvalue weighted by atomic mass is 10.1. The molecule has 1 N–H and O–H groups in total. The zero-order valence-corrected chi connectivity index (χ0v) is 14.1. The molecule has 2 rings (SSSR count). The van der Waals surface area contributed by atoms with Crippen LogP contribution in [0.2, 0.25) is 0 Å². The molecule has 1 aliphatic rings. The second kappa shape index (κ2) is 6.92. The van der Waals surface area contributed by atoms with Gasteiger partial charge in [0, 0.05) is 6.54 Å². The lowest BCUT2D eigenvalue weighted by Crippen LogP contribution is -2.24. The molecular weight excluding hydrogens is 318 g/mol. The second-order valence-electron chi connectivity index (χ2n) is 5.89. The van der Waals surface area contributed by atoms with Crippen molar-refractivity contribution in [2.45, 2.75) is 51.9 Å². The molecule has 0 bridgehead atoms. The first kappa shape index (κ1) is 15.8. The molecule has 0 spiro atoms. The quantitative estimate of drug-likeness (QED) is 0.851. The van der Waals surface area contributed by atoms with E-state index < -0.39 is 0 Å². The predicted octanol–water partition coefficient (Wildman–Crippen LogP) is 3.90. The fourth-order valence-corrected chi connectivity index (χ4v) is 2.96. The van der Waals surface area contributed by atoms with Crippen LogP contribution in [0.25, 0.3) is 0 Å². The number of benzene rings is 1. The average Bonchev–Trinajstić information content (AvgIpc) is 2.75. The van der Waals surface area contributed by atoms with Crippen molar-refractivity contribution in [1.82, 2.24) is 5.32 Å². The van der Waals surface area contributed by atoms with Crippen LogP contribution in [0.5, 0.6) is 5.75 Å². The van der Waals surface area contributed by atoms with Crippen molar-refractivity contribution in [3.8, 4) is 5.75 Å². The summed E-state index contributed by atoms with van der Waals surface area (Å²) in [6, 6.07) is 6.23. The SMILES string of the molecule is CCNCc1ccc(OCC2CCC(C)(C)O2)c(Br)c1. The third kappa shape index (κ3) is 4.47. The van der Waals surface area contributed by atoms with Crippen LogP contribution >= 0.6 is 15.9 Å². The molecule has 0 radical (unpaired) electrons. The Morgan fingerprint density at radius 3 is 2.85 bits per heavy atom. The molecule has 112 valence electrons. The monoisotopic (exact) mass is 341 g/mol. The van der Waals surface area contributed by atoms with Crippen molar-refractivity contribution in [2.75, 3.05) is 13.2 Å². The van der Waals surface area contributed by atoms with E-state index in [-0.39, 0.29) is 11.7 Å². The van der Waals surface area contributed by atoms with Crippen LogP contribution in [0.15, 0.2) is 22.7 Å². The molecule has 0 aliphatic carbocycles. The van der Waals surface area contributed by atoms with Gasteiger partial charge in [-0.15, -0.1) is 0 Å². The maximum atomic E-state index is 5.94. The summed E-state index contributed by atoms with van der Waals surface area (Å²) in [6.07, 6.45) is 2.38. The first-order valence-electron chi connectivity index (χ1n) is 7.30. The second-order valence-corrected chi connectivity index (χ2v) is 6.75. The van der Waals surface area contributed by atoms with Crippen molar-refractivity contribution in [1.29, 1.82) is 0 Å². The standard InChI is InChI=1S/C16H24BrNO2/c1-4-18-10-12-5-6-15(14(17)9-12)19-11-13-7-8-16(2,3)20-13/h5-6,9,13,18H,4,7-8,10-11H2,1-3H3. The van der Waals surface area contributed by atoms with Crippen LogP contribution in [-0.4, -0.2) is 24.9 Å². The summed E-state index contributed by atoms with van der Waals surface area (Å²) >= 11 is 3.58. The highest BCUT2D eigenvalue weighted by molar-refractivity contribution is 9.10. The Morgan fingerprint density at radius 2 is 2.25 bits per heavy atom. The van der Waals surface area contributed by atoms with Crippen LogP contribution in [0, 0.1) is 0 Å². The number of nitrogens with one attached hydrogen (secondary N) is 1. The Hall–Kier alpha value is -0.580. The fraction of sp³-hybridized carbons (Fsp3) is 0.625. The topological polar surface area (TPSA) is 30.5 Å². The summed E-state index contributed by atoms with van der Waals surface area (Å²) < 4.78 is 12.8. The Balaban J connectivity index is 1.87. The highest BCUT2D eigenvalue weighted by atomic mass is 79.9. The third-order valence-electron chi connectivity index (χ3n) is 3.55. The number of halogens is 1. The van der Waals surface area contributed by atoms with E-state index in [2.05, 4.69) is 54.2 Å². The number of rotatable bonds is 6. The van der Waals surface area contributed by atoms with Gasteiger partial charge in [-0.05, 0) is 66.9 Å². The largest absolute Gasteiger partial charge is 0.490 e. The van der Waals surface area contributed by atoms with E-state index in [1.165, 1.54) is 5.56 Å². The molecular formula is C16H24BrNO2. The van der Waals surface area contributed by atoms with Gasteiger partial charge < -0.3 is 14.8 Å². The summed E-state index contributed by atoms with van der Waals surface area (Å²) in [4.78, 5) is 0. The zero-order valence-electron chi connectivity index (χ0n) is 12.5. The molecule has 0 amide bonds. The van der Waals surface area contributed by atoms with Gasteiger partial charge in [0.25, 0.3) is 0 Å². The van der Waals surface area contributed by atoms with Crippen molar-refractivity contribution in [2.24, 2.45) is 0 Å². The fourth-order valence-electron chi connectivity index (χ4n) is 2.42. The molecule has 20 heavy (non-hydrogen) atoms. The Morgan fingerprint density at radius 1 is 1.45 bits per heavy atom. The molecule has 1 saturated heterocycles. The number of ether oxygens (including phenoxy) is 2. The van der Waals surface area contributed by atoms with Gasteiger partial charge in [0.1, 0.15) is 12.4 Å². The van der Waals surface area contributed by atoms with Crippen molar-refractivity contribution < 1.29 is 9.47 Å². The van der Waals surface area contributed by atoms with E-state index in [0.29, 0.717) is 6.61 Å². The minimum absolute atomic E-state index is 0.000931. The Bertz CT molecular complexity index is 448. The lowest BCUT2D eigenvalue weighted by molar-refractivity contribution is -0.0327. The Labute approximate surface area is 130 Å². The van der Waals surface area contributed by atoms with Gasteiger partial charge in [0.05, 0.1) is 16.2 Å². The van der Waals surface area contributed by atoms with Gasteiger partial charge in [-0.3, -0.25) is 0 Å². The smallest absolute Gasteiger partial charge is 0.133 e. The normalized spacial score (nSPS) is 21.1. The molecule has 1 aromatic carbocycles. The van der Waals surface area contributed by atoms with Crippen molar-refractivity contribution >= 4 is 15.9 Å². The average molecular weight is 342 g/mol. The van der Waals surface area contributed by atoms with Crippen LogP contribution in [0.1, 0.15) is 39.2 Å². The van der Waals surface area contributed by atoms with E-state index in [0.717, 1.165) is 36.2 Å². The Kier molecular flexibility index (Phi) is 5.47. The van der Waals surface area contributed by atoms with Gasteiger partial charge in [-0.1, -0.05) is 13.0 Å². The summed E-state index contributed by atoms with van der Waals surface area (Å²) in [5.74, 6) is 0.888. The van der Waals surface area contributed by atoms with E-state index in [9.17, 15) is 0 Å². The maximum Gasteiger partial charge on any atom is 0.133 e. The van der Waals surface area contributed by atoms with E-state index in [4.69, 9.17) is 9.47 Å². The van der Waals surface area contributed by atoms with Gasteiger partial charge >= 0.3 is 0 Å². The van der Waals surface area contributed by atoms with Gasteiger partial charge in [-0.2, -0.15) is 0 Å². The predicted molar refractivity (Wildman–Crippen MR) is 85.2 cm³/mol. The first-order valence-corrected chi connectivity index (χ1v) is 8.09. The highest BCUT2D eigenvalue weighted by Crippen LogP contribution is 2.31. The minimum Gasteiger partial charge on any atom is -0.490 e. The van der Waals surface area contributed by atoms with E-state index >= 15 is 0 Å². The summed E-state index contributed by atoms with van der Waals surface area (Å²) in [6.45, 7) is 8.86. The summed E-state index contributed by atoms with van der Waals surface area (Å²) in [7, 11) is 0. The van der Waals surface area contributed by atoms with Crippen molar-refractivity contribution in [3.05, 3.63) is 28.2 Å². The van der Waals surface area contributed by atoms with Gasteiger partial charge in [-0.25, -0.2) is 0 Å². The van der Waals surface area contributed by atoms with Crippen LogP contribution < -0.4 is 10.1 Å². The molecule has 0 aromatic heterocycles. The molecule has 4 heteroatoms. The zero-order chi connectivity index (χ0) is 14.6. The molecule has 0 saturated carbocycles. The molecule has 3 nitrogen and oxygen atoms in total. The summed E-state index contributed by atoms with van der Waals surface area (Å²) in [5.41, 5.74) is 1.25. The number of hydrogen-bond donors (Lipinski definition) is 1. The van der Waals surface area contributed by atoms with E-state index in [1.54, 1.807) is 0 Å².